The van der Waals surface area contributed by atoms with E-state index >= 15 is 0 Å². The average Bonchev–Trinajstić information content (AvgIpc) is 2.78. The van der Waals surface area contributed by atoms with E-state index in [-0.39, 0.29) is 17.9 Å². The topological polar surface area (TPSA) is 83.9 Å². The predicted octanol–water partition coefficient (Wildman–Crippen LogP) is 1.70. The van der Waals surface area contributed by atoms with E-state index in [1.54, 1.807) is 24.3 Å². The molecule has 1 heterocycles. The molecule has 2 atom stereocenters. The maximum Gasteiger partial charge on any atom is 0.329 e. The third-order valence-electron chi connectivity index (χ3n) is 4.25. The molecule has 2 aliphatic rings. The highest BCUT2D eigenvalue weighted by atomic mass is 16.5. The fraction of sp³-hybridized carbons (Fsp3) is 0.438. The molecule has 0 unspecified atom stereocenters. The molecule has 1 aromatic carbocycles. The minimum absolute atomic E-state index is 0.309. The van der Waals surface area contributed by atoms with Crippen LogP contribution in [0.1, 0.15) is 46.4 Å². The number of carboxylic acid groups (broad SMARTS) is 1. The molecule has 0 aromatic heterocycles. The minimum atomic E-state index is -1.05. The Kier molecular flexibility index (Phi) is 3.94. The number of rotatable bonds is 4. The molecule has 0 spiro atoms. The molecule has 6 nitrogen and oxygen atoms in total. The van der Waals surface area contributed by atoms with E-state index in [1.165, 1.54) is 4.90 Å². The lowest BCUT2D eigenvalue weighted by Gasteiger charge is -2.36. The van der Waals surface area contributed by atoms with Gasteiger partial charge in [-0.2, -0.15) is 0 Å². The normalized spacial score (nSPS) is 24.5. The Balaban J connectivity index is 1.84. The highest BCUT2D eigenvalue weighted by molar-refractivity contribution is 6.21. The van der Waals surface area contributed by atoms with E-state index in [1.807, 2.05) is 0 Å². The van der Waals surface area contributed by atoms with Crippen LogP contribution in [-0.4, -0.2) is 46.5 Å². The number of hydrogen-bond donors (Lipinski definition) is 1. The first-order chi connectivity index (χ1) is 10.6. The third-order valence-corrected chi connectivity index (χ3v) is 4.25. The number of imide groups is 1. The smallest absolute Gasteiger partial charge is 0.329 e. The predicted molar refractivity (Wildman–Crippen MR) is 76.6 cm³/mol. The highest BCUT2D eigenvalue weighted by Gasteiger charge is 2.43. The summed E-state index contributed by atoms with van der Waals surface area (Å²) in [5, 5.41) is 8.77. The molecule has 2 amide bonds. The van der Waals surface area contributed by atoms with Crippen LogP contribution in [0.15, 0.2) is 24.3 Å². The highest BCUT2D eigenvalue weighted by Crippen LogP contribution is 2.32. The van der Waals surface area contributed by atoms with Crippen molar-refractivity contribution in [1.29, 1.82) is 0 Å². The van der Waals surface area contributed by atoms with Gasteiger partial charge in [-0.1, -0.05) is 25.0 Å². The Labute approximate surface area is 127 Å². The van der Waals surface area contributed by atoms with Gasteiger partial charge in [-0.3, -0.25) is 14.5 Å². The first-order valence-corrected chi connectivity index (χ1v) is 7.40. The number of nitrogens with zero attached hydrogens (tertiary/aromatic N) is 1. The number of carboxylic acids is 1. The van der Waals surface area contributed by atoms with Gasteiger partial charge in [0.2, 0.25) is 0 Å². The fourth-order valence-electron chi connectivity index (χ4n) is 3.25. The molecule has 1 aliphatic carbocycles. The van der Waals surface area contributed by atoms with Crippen molar-refractivity contribution in [3.63, 3.8) is 0 Å². The van der Waals surface area contributed by atoms with Gasteiger partial charge in [-0.15, -0.1) is 0 Å². The van der Waals surface area contributed by atoms with Gasteiger partial charge in [0.25, 0.3) is 11.8 Å². The van der Waals surface area contributed by atoms with Crippen molar-refractivity contribution in [2.24, 2.45) is 0 Å². The first kappa shape index (κ1) is 14.7. The molecule has 1 fully saturated rings. The van der Waals surface area contributed by atoms with Crippen LogP contribution in [0.5, 0.6) is 0 Å². The molecule has 1 aromatic rings. The summed E-state index contributed by atoms with van der Waals surface area (Å²) in [5.74, 6) is -1.67. The molecule has 1 N–H and O–H groups in total. The summed E-state index contributed by atoms with van der Waals surface area (Å²) in [6.45, 7) is -0.412. The van der Waals surface area contributed by atoms with Crippen molar-refractivity contribution in [3.05, 3.63) is 35.4 Å². The Morgan fingerprint density at radius 3 is 2.32 bits per heavy atom. The number of aliphatic carboxylic acids is 1. The second kappa shape index (κ2) is 5.88. The zero-order chi connectivity index (χ0) is 15.7. The Hall–Kier alpha value is -2.21. The maximum atomic E-state index is 12.5. The molecule has 1 saturated carbocycles. The summed E-state index contributed by atoms with van der Waals surface area (Å²) in [7, 11) is 0. The van der Waals surface area contributed by atoms with Gasteiger partial charge in [0.15, 0.2) is 0 Å². The lowest BCUT2D eigenvalue weighted by Crippen LogP contribution is -2.49. The monoisotopic (exact) mass is 303 g/mol. The third kappa shape index (κ3) is 2.50. The summed E-state index contributed by atoms with van der Waals surface area (Å²) < 4.78 is 5.42. The van der Waals surface area contributed by atoms with Crippen molar-refractivity contribution in [1.82, 2.24) is 4.90 Å². The van der Waals surface area contributed by atoms with Crippen molar-refractivity contribution in [3.8, 4) is 0 Å². The zero-order valence-electron chi connectivity index (χ0n) is 12.0. The van der Waals surface area contributed by atoms with Gasteiger partial charge < -0.3 is 9.84 Å². The minimum Gasteiger partial charge on any atom is -0.480 e. The number of carbonyl (C=O) groups is 3. The van der Waals surface area contributed by atoms with Crippen molar-refractivity contribution >= 4 is 17.8 Å². The molecule has 3 rings (SSSR count). The first-order valence-electron chi connectivity index (χ1n) is 7.40. The molecule has 116 valence electrons. The Bertz CT molecular complexity index is 592. The summed E-state index contributed by atoms with van der Waals surface area (Å²) in [5.41, 5.74) is 0.824. The summed E-state index contributed by atoms with van der Waals surface area (Å²) in [4.78, 5) is 37.0. The maximum absolute atomic E-state index is 12.5. The number of benzene rings is 1. The van der Waals surface area contributed by atoms with Gasteiger partial charge in [0.05, 0.1) is 23.3 Å². The number of carbonyl (C=O) groups excluding carboxylic acids is 2. The van der Waals surface area contributed by atoms with Crippen LogP contribution in [-0.2, 0) is 9.53 Å². The standard InChI is InChI=1S/C16H17NO5/c18-14(19)9-22-13-8-4-3-7-12(13)17-15(20)10-5-1-2-6-11(10)16(17)21/h1-2,5-6,12-13H,3-4,7-9H2,(H,18,19)/t12-,13-/m1/s1. The van der Waals surface area contributed by atoms with Crippen LogP contribution < -0.4 is 0 Å². The molecular formula is C16H17NO5. The van der Waals surface area contributed by atoms with E-state index in [0.29, 0.717) is 24.0 Å². The van der Waals surface area contributed by atoms with Crippen LogP contribution in [0, 0.1) is 0 Å². The van der Waals surface area contributed by atoms with E-state index < -0.39 is 18.7 Å². The summed E-state index contributed by atoms with van der Waals surface area (Å²) in [6, 6.07) is 6.36. The van der Waals surface area contributed by atoms with Gasteiger partial charge in [-0.05, 0) is 25.0 Å². The lowest BCUT2D eigenvalue weighted by molar-refractivity contribution is -0.146. The molecule has 0 bridgehead atoms. The van der Waals surface area contributed by atoms with Gasteiger partial charge in [0, 0.05) is 0 Å². The molecule has 6 heteroatoms. The summed E-state index contributed by atoms with van der Waals surface area (Å²) >= 11 is 0. The van der Waals surface area contributed by atoms with Gasteiger partial charge in [0.1, 0.15) is 6.61 Å². The average molecular weight is 303 g/mol. The Morgan fingerprint density at radius 1 is 1.14 bits per heavy atom. The van der Waals surface area contributed by atoms with Crippen LogP contribution >= 0.6 is 0 Å². The second-order valence-corrected chi connectivity index (χ2v) is 5.62. The van der Waals surface area contributed by atoms with Crippen molar-refractivity contribution in [2.45, 2.75) is 37.8 Å². The molecule has 0 radical (unpaired) electrons. The van der Waals surface area contributed by atoms with E-state index in [4.69, 9.17) is 9.84 Å². The molecular weight excluding hydrogens is 286 g/mol. The molecule has 0 saturated heterocycles. The van der Waals surface area contributed by atoms with Crippen LogP contribution in [0.2, 0.25) is 0 Å². The number of ether oxygens (including phenoxy) is 1. The zero-order valence-corrected chi connectivity index (χ0v) is 12.0. The van der Waals surface area contributed by atoms with Gasteiger partial charge in [-0.25, -0.2) is 4.79 Å². The van der Waals surface area contributed by atoms with Crippen molar-refractivity contribution < 1.29 is 24.2 Å². The van der Waals surface area contributed by atoms with E-state index in [0.717, 1.165) is 12.8 Å². The SMILES string of the molecule is O=C(O)CO[C@@H]1CCCC[C@H]1N1C(=O)c2ccccc2C1=O. The molecule has 1 aliphatic heterocycles. The summed E-state index contributed by atoms with van der Waals surface area (Å²) in [6.07, 6.45) is 2.70. The van der Waals surface area contributed by atoms with Crippen molar-refractivity contribution in [2.75, 3.05) is 6.61 Å². The largest absolute Gasteiger partial charge is 0.480 e. The van der Waals surface area contributed by atoms with Crippen LogP contribution in [0.4, 0.5) is 0 Å². The molecule has 22 heavy (non-hydrogen) atoms. The van der Waals surface area contributed by atoms with Crippen LogP contribution in [0.25, 0.3) is 0 Å². The van der Waals surface area contributed by atoms with Crippen LogP contribution in [0.3, 0.4) is 0 Å². The Morgan fingerprint density at radius 2 is 1.73 bits per heavy atom. The van der Waals surface area contributed by atoms with Gasteiger partial charge >= 0.3 is 5.97 Å². The van der Waals surface area contributed by atoms with E-state index in [9.17, 15) is 14.4 Å². The number of hydrogen-bond acceptors (Lipinski definition) is 4. The number of amides is 2. The fourth-order valence-corrected chi connectivity index (χ4v) is 3.25. The lowest BCUT2D eigenvalue weighted by atomic mass is 9.91. The van der Waals surface area contributed by atoms with E-state index in [2.05, 4.69) is 0 Å². The quantitative estimate of drug-likeness (QED) is 0.856. The second-order valence-electron chi connectivity index (χ2n) is 5.62. The number of fused-ring (bicyclic) bond motifs is 1.